The van der Waals surface area contributed by atoms with Gasteiger partial charge in [0.25, 0.3) is 0 Å². The molecule has 1 heterocycles. The maximum Gasteiger partial charge on any atom is 0.150 e. The molecule has 13 heavy (non-hydrogen) atoms. The molecule has 2 fully saturated rings. The van der Waals surface area contributed by atoms with Gasteiger partial charge < -0.3 is 5.11 Å². The zero-order valence-corrected chi connectivity index (χ0v) is 8.52. The van der Waals surface area contributed by atoms with Gasteiger partial charge in [-0.1, -0.05) is 0 Å². The SMILES string of the molecule is O=S1(=O)CCC(CC2(O)CCC2)C1. The fraction of sp³-hybridized carbons (Fsp3) is 1.00. The third-order valence-corrected chi connectivity index (χ3v) is 5.12. The molecule has 0 aromatic rings. The van der Waals surface area contributed by atoms with Crippen LogP contribution in [0.3, 0.4) is 0 Å². The van der Waals surface area contributed by atoms with E-state index in [2.05, 4.69) is 0 Å². The van der Waals surface area contributed by atoms with Crippen molar-refractivity contribution in [2.75, 3.05) is 11.5 Å². The van der Waals surface area contributed by atoms with Gasteiger partial charge in [0.15, 0.2) is 9.84 Å². The minimum Gasteiger partial charge on any atom is -0.390 e. The van der Waals surface area contributed by atoms with Crippen molar-refractivity contribution in [2.45, 2.75) is 37.7 Å². The molecule has 2 aliphatic rings. The molecule has 1 saturated carbocycles. The van der Waals surface area contributed by atoms with Gasteiger partial charge in [-0.05, 0) is 38.0 Å². The molecule has 0 aromatic carbocycles. The molecule has 1 N–H and O–H groups in total. The Morgan fingerprint density at radius 1 is 1.38 bits per heavy atom. The van der Waals surface area contributed by atoms with Crippen LogP contribution >= 0.6 is 0 Å². The average molecular weight is 204 g/mol. The lowest BCUT2D eigenvalue weighted by Crippen LogP contribution is -2.38. The highest BCUT2D eigenvalue weighted by Gasteiger charge is 2.39. The van der Waals surface area contributed by atoms with Crippen LogP contribution in [0.25, 0.3) is 0 Å². The minimum absolute atomic E-state index is 0.218. The van der Waals surface area contributed by atoms with E-state index in [9.17, 15) is 13.5 Å². The number of aliphatic hydroxyl groups is 1. The highest BCUT2D eigenvalue weighted by molar-refractivity contribution is 7.91. The van der Waals surface area contributed by atoms with Crippen molar-refractivity contribution in [1.29, 1.82) is 0 Å². The molecule has 1 saturated heterocycles. The largest absolute Gasteiger partial charge is 0.390 e. The Hall–Kier alpha value is -0.0900. The molecular formula is C9H16O3S. The van der Waals surface area contributed by atoms with Crippen LogP contribution in [-0.4, -0.2) is 30.6 Å². The third-order valence-electron chi connectivity index (χ3n) is 3.28. The van der Waals surface area contributed by atoms with Crippen LogP contribution in [0.4, 0.5) is 0 Å². The van der Waals surface area contributed by atoms with Gasteiger partial charge in [-0.15, -0.1) is 0 Å². The topological polar surface area (TPSA) is 54.4 Å². The molecule has 4 heteroatoms. The third kappa shape index (κ3) is 2.05. The summed E-state index contributed by atoms with van der Waals surface area (Å²) in [5, 5.41) is 9.85. The molecular weight excluding hydrogens is 188 g/mol. The van der Waals surface area contributed by atoms with Crippen molar-refractivity contribution in [3.05, 3.63) is 0 Å². The van der Waals surface area contributed by atoms with Crippen molar-refractivity contribution in [3.63, 3.8) is 0 Å². The monoisotopic (exact) mass is 204 g/mol. The summed E-state index contributed by atoms with van der Waals surface area (Å²) < 4.78 is 22.3. The van der Waals surface area contributed by atoms with E-state index in [-0.39, 0.29) is 5.92 Å². The maximum atomic E-state index is 11.2. The summed E-state index contributed by atoms with van der Waals surface area (Å²) >= 11 is 0. The predicted octanol–water partition coefficient (Wildman–Crippen LogP) is 0.726. The molecule has 2 rings (SSSR count). The Labute approximate surface area is 79.1 Å². The van der Waals surface area contributed by atoms with Crippen molar-refractivity contribution in [1.82, 2.24) is 0 Å². The lowest BCUT2D eigenvalue weighted by molar-refractivity contribution is -0.0502. The van der Waals surface area contributed by atoms with Gasteiger partial charge in [0.1, 0.15) is 0 Å². The van der Waals surface area contributed by atoms with Gasteiger partial charge in [-0.2, -0.15) is 0 Å². The van der Waals surface area contributed by atoms with E-state index in [0.29, 0.717) is 17.9 Å². The Balaban J connectivity index is 1.90. The van der Waals surface area contributed by atoms with E-state index in [1.165, 1.54) is 0 Å². The van der Waals surface area contributed by atoms with Gasteiger partial charge in [0.2, 0.25) is 0 Å². The quantitative estimate of drug-likeness (QED) is 0.721. The maximum absolute atomic E-state index is 11.2. The zero-order chi connectivity index (χ0) is 9.53. The minimum atomic E-state index is -2.76. The molecule has 1 aliphatic heterocycles. The Kier molecular flexibility index (Phi) is 2.15. The zero-order valence-electron chi connectivity index (χ0n) is 7.70. The summed E-state index contributed by atoms with van der Waals surface area (Å²) in [7, 11) is -2.76. The fourth-order valence-corrected chi connectivity index (χ4v) is 4.22. The molecule has 0 aromatic heterocycles. The summed E-state index contributed by atoms with van der Waals surface area (Å²) in [6.07, 6.45) is 4.28. The van der Waals surface area contributed by atoms with Crippen molar-refractivity contribution >= 4 is 9.84 Å². The fourth-order valence-electron chi connectivity index (χ4n) is 2.36. The van der Waals surface area contributed by atoms with Crippen LogP contribution in [0.15, 0.2) is 0 Å². The van der Waals surface area contributed by atoms with Crippen LogP contribution < -0.4 is 0 Å². The first-order valence-corrected chi connectivity index (χ1v) is 6.74. The number of rotatable bonds is 2. The molecule has 3 nitrogen and oxygen atoms in total. The summed E-state index contributed by atoms with van der Waals surface area (Å²) in [6, 6.07) is 0. The summed E-state index contributed by atoms with van der Waals surface area (Å²) in [6.45, 7) is 0. The van der Waals surface area contributed by atoms with Crippen LogP contribution in [-0.2, 0) is 9.84 Å². The van der Waals surface area contributed by atoms with Gasteiger partial charge in [-0.3, -0.25) is 0 Å². The van der Waals surface area contributed by atoms with E-state index in [0.717, 1.165) is 25.7 Å². The predicted molar refractivity (Wildman–Crippen MR) is 50.2 cm³/mol. The van der Waals surface area contributed by atoms with Gasteiger partial charge >= 0.3 is 0 Å². The highest BCUT2D eigenvalue weighted by Crippen LogP contribution is 2.39. The van der Waals surface area contributed by atoms with Crippen LogP contribution in [0.2, 0.25) is 0 Å². The second-order valence-corrected chi connectivity index (χ2v) is 6.78. The first-order chi connectivity index (χ1) is 5.99. The molecule has 0 spiro atoms. The Bertz CT molecular complexity index is 290. The molecule has 1 aliphatic carbocycles. The van der Waals surface area contributed by atoms with Gasteiger partial charge in [-0.25, -0.2) is 8.42 Å². The van der Waals surface area contributed by atoms with Gasteiger partial charge in [0.05, 0.1) is 17.1 Å². The van der Waals surface area contributed by atoms with Crippen molar-refractivity contribution in [3.8, 4) is 0 Å². The second-order valence-electron chi connectivity index (χ2n) is 4.55. The number of hydrogen-bond donors (Lipinski definition) is 1. The summed E-state index contributed by atoms with van der Waals surface area (Å²) in [5.41, 5.74) is -0.509. The second kappa shape index (κ2) is 2.95. The number of hydrogen-bond acceptors (Lipinski definition) is 3. The normalized spacial score (nSPS) is 35.6. The molecule has 1 unspecified atom stereocenters. The molecule has 1 atom stereocenters. The standard InChI is InChI=1S/C9H16O3S/c10-9(3-1-4-9)6-8-2-5-13(11,12)7-8/h8,10H,1-7H2. The molecule has 0 bridgehead atoms. The van der Waals surface area contributed by atoms with E-state index >= 15 is 0 Å². The summed E-state index contributed by atoms with van der Waals surface area (Å²) in [4.78, 5) is 0. The molecule has 0 amide bonds. The smallest absolute Gasteiger partial charge is 0.150 e. The van der Waals surface area contributed by atoms with E-state index in [1.54, 1.807) is 0 Å². The van der Waals surface area contributed by atoms with Crippen LogP contribution in [0.1, 0.15) is 32.1 Å². The Morgan fingerprint density at radius 2 is 2.08 bits per heavy atom. The molecule has 76 valence electrons. The molecule has 0 radical (unpaired) electrons. The average Bonchev–Trinajstić information content (AvgIpc) is 2.27. The lowest BCUT2D eigenvalue weighted by Gasteiger charge is -2.38. The van der Waals surface area contributed by atoms with E-state index < -0.39 is 15.4 Å². The van der Waals surface area contributed by atoms with Crippen molar-refractivity contribution < 1.29 is 13.5 Å². The van der Waals surface area contributed by atoms with Crippen LogP contribution in [0.5, 0.6) is 0 Å². The van der Waals surface area contributed by atoms with Crippen LogP contribution in [0, 0.1) is 5.92 Å². The van der Waals surface area contributed by atoms with E-state index in [4.69, 9.17) is 0 Å². The highest BCUT2D eigenvalue weighted by atomic mass is 32.2. The lowest BCUT2D eigenvalue weighted by atomic mass is 9.74. The van der Waals surface area contributed by atoms with Gasteiger partial charge in [0, 0.05) is 0 Å². The first kappa shape index (κ1) is 9.46. The number of sulfone groups is 1. The van der Waals surface area contributed by atoms with Crippen molar-refractivity contribution in [2.24, 2.45) is 5.92 Å². The Morgan fingerprint density at radius 3 is 2.46 bits per heavy atom. The first-order valence-electron chi connectivity index (χ1n) is 4.92. The summed E-state index contributed by atoms with van der Waals surface area (Å²) in [5.74, 6) is 0.846. The van der Waals surface area contributed by atoms with E-state index in [1.807, 2.05) is 0 Å².